The summed E-state index contributed by atoms with van der Waals surface area (Å²) in [4.78, 5) is 24.7. The van der Waals surface area contributed by atoms with Gasteiger partial charge in [0.15, 0.2) is 0 Å². The van der Waals surface area contributed by atoms with Crippen LogP contribution in [0.5, 0.6) is 0 Å². The molecule has 1 aromatic carbocycles. The smallest absolute Gasteiger partial charge is 0.305 e. The summed E-state index contributed by atoms with van der Waals surface area (Å²) in [6, 6.07) is 8.94. The first-order valence-electron chi connectivity index (χ1n) is 6.21. The summed E-state index contributed by atoms with van der Waals surface area (Å²) in [5, 5.41) is 8.83. The van der Waals surface area contributed by atoms with Crippen LogP contribution in [-0.2, 0) is 4.79 Å². The molecule has 1 heterocycles. The number of nitrogens with zero attached hydrogens (tertiary/aromatic N) is 1. The Bertz CT molecular complexity index is 604. The van der Waals surface area contributed by atoms with Crippen molar-refractivity contribution in [1.82, 2.24) is 0 Å². The number of hydrogen-bond donors (Lipinski definition) is 1. The molecule has 0 radical (unpaired) electrons. The maximum absolute atomic E-state index is 12.4. The zero-order chi connectivity index (χ0) is 14.5. The van der Waals surface area contributed by atoms with E-state index in [1.165, 1.54) is 17.4 Å². The molecule has 20 heavy (non-hydrogen) atoms. The third kappa shape index (κ3) is 3.06. The number of carbonyl (C=O) groups is 2. The first kappa shape index (κ1) is 13.9. The highest BCUT2D eigenvalue weighted by Gasteiger charge is 2.20. The Balaban J connectivity index is 2.32. The fraction of sp³-hybridized carbons (Fsp3) is 0.200. The fourth-order valence-electron chi connectivity index (χ4n) is 1.95. The monoisotopic (exact) mass is 273 g/mol. The number of rotatable bonds is 5. The normalized spacial score (nSPS) is 10.2. The summed E-state index contributed by atoms with van der Waals surface area (Å²) >= 11 is 0. The lowest BCUT2D eigenvalue weighted by Gasteiger charge is -2.23. The van der Waals surface area contributed by atoms with Crippen molar-refractivity contribution >= 4 is 17.6 Å². The van der Waals surface area contributed by atoms with Crippen LogP contribution in [-0.4, -0.2) is 23.5 Å². The molecule has 0 unspecified atom stereocenters. The Morgan fingerprint density at radius 1 is 1.25 bits per heavy atom. The number of anilines is 1. The topological polar surface area (TPSA) is 70.8 Å². The molecule has 2 aromatic rings. The number of hydrogen-bond acceptors (Lipinski definition) is 3. The molecule has 1 amide bonds. The number of carboxylic acids is 1. The lowest BCUT2D eigenvalue weighted by Crippen LogP contribution is -2.33. The summed E-state index contributed by atoms with van der Waals surface area (Å²) in [5.41, 5.74) is 2.02. The second kappa shape index (κ2) is 6.06. The van der Waals surface area contributed by atoms with E-state index in [-0.39, 0.29) is 18.9 Å². The minimum atomic E-state index is -0.941. The van der Waals surface area contributed by atoms with Crippen molar-refractivity contribution in [2.24, 2.45) is 0 Å². The summed E-state index contributed by atoms with van der Waals surface area (Å²) in [6.07, 6.45) is 2.66. The number of carbonyl (C=O) groups excluding carboxylic acids is 1. The molecule has 0 aliphatic rings. The number of carboxylic acid groups (broad SMARTS) is 1. The number of furan rings is 1. The molecule has 0 atom stereocenters. The van der Waals surface area contributed by atoms with Crippen LogP contribution in [0.15, 0.2) is 47.3 Å². The van der Waals surface area contributed by atoms with E-state index in [1.54, 1.807) is 12.1 Å². The molecule has 0 saturated heterocycles. The van der Waals surface area contributed by atoms with Crippen LogP contribution >= 0.6 is 0 Å². The van der Waals surface area contributed by atoms with Crippen molar-refractivity contribution in [3.05, 3.63) is 54.0 Å². The van der Waals surface area contributed by atoms with Crippen LogP contribution in [0.2, 0.25) is 0 Å². The van der Waals surface area contributed by atoms with E-state index in [0.717, 1.165) is 5.56 Å². The Kier molecular flexibility index (Phi) is 4.20. The Hall–Kier alpha value is -2.56. The van der Waals surface area contributed by atoms with Crippen molar-refractivity contribution in [1.29, 1.82) is 0 Å². The van der Waals surface area contributed by atoms with Gasteiger partial charge in [-0.15, -0.1) is 0 Å². The first-order valence-corrected chi connectivity index (χ1v) is 6.21. The SMILES string of the molecule is Cc1ccccc1N(CCC(=O)O)C(=O)c1ccoc1. The molecule has 0 aliphatic heterocycles. The van der Waals surface area contributed by atoms with Gasteiger partial charge in [-0.25, -0.2) is 0 Å². The molecule has 5 nitrogen and oxygen atoms in total. The number of aliphatic carboxylic acids is 1. The van der Waals surface area contributed by atoms with Crippen LogP contribution < -0.4 is 4.90 Å². The predicted molar refractivity (Wildman–Crippen MR) is 73.8 cm³/mol. The molecule has 0 aliphatic carbocycles. The zero-order valence-electron chi connectivity index (χ0n) is 11.1. The van der Waals surface area contributed by atoms with Crippen LogP contribution in [0.1, 0.15) is 22.3 Å². The van der Waals surface area contributed by atoms with Crippen molar-refractivity contribution in [2.45, 2.75) is 13.3 Å². The molecule has 5 heteroatoms. The van der Waals surface area contributed by atoms with Gasteiger partial charge in [0.1, 0.15) is 6.26 Å². The number of para-hydroxylation sites is 1. The molecule has 104 valence electrons. The maximum atomic E-state index is 12.4. The third-order valence-corrected chi connectivity index (χ3v) is 2.97. The van der Waals surface area contributed by atoms with Crippen LogP contribution in [0, 0.1) is 6.92 Å². The van der Waals surface area contributed by atoms with Crippen LogP contribution in [0.3, 0.4) is 0 Å². The summed E-state index contributed by atoms with van der Waals surface area (Å²) in [7, 11) is 0. The highest BCUT2D eigenvalue weighted by molar-refractivity contribution is 6.06. The van der Waals surface area contributed by atoms with Gasteiger partial charge in [0, 0.05) is 12.2 Å². The standard InChI is InChI=1S/C15H15NO4/c1-11-4-2-3-5-13(11)16(8-6-14(17)18)15(19)12-7-9-20-10-12/h2-5,7,9-10H,6,8H2,1H3,(H,17,18). The predicted octanol–water partition coefficient (Wildman–Crippen LogP) is 2.71. The molecular formula is C15H15NO4. The molecular weight excluding hydrogens is 258 g/mol. The van der Waals surface area contributed by atoms with Crippen molar-refractivity contribution in [2.75, 3.05) is 11.4 Å². The van der Waals surface area contributed by atoms with Gasteiger partial charge in [-0.05, 0) is 24.6 Å². The van der Waals surface area contributed by atoms with Crippen LogP contribution in [0.4, 0.5) is 5.69 Å². The second-order valence-corrected chi connectivity index (χ2v) is 4.40. The van der Waals surface area contributed by atoms with E-state index in [4.69, 9.17) is 9.52 Å². The molecule has 1 aromatic heterocycles. The average molecular weight is 273 g/mol. The molecule has 0 fully saturated rings. The number of aryl methyl sites for hydroxylation is 1. The van der Waals surface area contributed by atoms with E-state index in [2.05, 4.69) is 0 Å². The highest BCUT2D eigenvalue weighted by atomic mass is 16.4. The largest absolute Gasteiger partial charge is 0.481 e. The first-order chi connectivity index (χ1) is 9.59. The minimum Gasteiger partial charge on any atom is -0.481 e. The van der Waals surface area contributed by atoms with Crippen molar-refractivity contribution < 1.29 is 19.1 Å². The van der Waals surface area contributed by atoms with Gasteiger partial charge in [-0.3, -0.25) is 9.59 Å². The molecule has 1 N–H and O–H groups in total. The van der Waals surface area contributed by atoms with E-state index < -0.39 is 5.97 Å². The fourth-order valence-corrected chi connectivity index (χ4v) is 1.95. The van der Waals surface area contributed by atoms with Gasteiger partial charge in [0.05, 0.1) is 18.2 Å². The van der Waals surface area contributed by atoms with Gasteiger partial charge in [-0.1, -0.05) is 18.2 Å². The molecule has 0 spiro atoms. The second-order valence-electron chi connectivity index (χ2n) is 4.40. The lowest BCUT2D eigenvalue weighted by atomic mass is 10.1. The third-order valence-electron chi connectivity index (χ3n) is 2.97. The lowest BCUT2D eigenvalue weighted by molar-refractivity contribution is -0.136. The van der Waals surface area contributed by atoms with Gasteiger partial charge in [-0.2, -0.15) is 0 Å². The number of benzene rings is 1. The van der Waals surface area contributed by atoms with Gasteiger partial charge >= 0.3 is 5.97 Å². The van der Waals surface area contributed by atoms with Gasteiger partial charge in [0.2, 0.25) is 0 Å². The Morgan fingerprint density at radius 3 is 2.60 bits per heavy atom. The van der Waals surface area contributed by atoms with Crippen molar-refractivity contribution in [3.8, 4) is 0 Å². The van der Waals surface area contributed by atoms with Gasteiger partial charge in [0.25, 0.3) is 5.91 Å². The molecule has 0 saturated carbocycles. The summed E-state index contributed by atoms with van der Waals surface area (Å²) < 4.78 is 4.91. The highest BCUT2D eigenvalue weighted by Crippen LogP contribution is 2.22. The molecule has 0 bridgehead atoms. The van der Waals surface area contributed by atoms with E-state index in [9.17, 15) is 9.59 Å². The minimum absolute atomic E-state index is 0.113. The maximum Gasteiger partial charge on any atom is 0.305 e. The molecule has 2 rings (SSSR count). The number of amides is 1. The average Bonchev–Trinajstić information content (AvgIpc) is 2.94. The van der Waals surface area contributed by atoms with E-state index in [1.807, 2.05) is 25.1 Å². The van der Waals surface area contributed by atoms with Crippen molar-refractivity contribution in [3.63, 3.8) is 0 Å². The Morgan fingerprint density at radius 2 is 2.00 bits per heavy atom. The van der Waals surface area contributed by atoms with Crippen LogP contribution in [0.25, 0.3) is 0 Å². The van der Waals surface area contributed by atoms with E-state index in [0.29, 0.717) is 11.3 Å². The Labute approximate surface area is 116 Å². The van der Waals surface area contributed by atoms with Gasteiger partial charge < -0.3 is 14.4 Å². The zero-order valence-corrected chi connectivity index (χ0v) is 11.1. The quantitative estimate of drug-likeness (QED) is 0.909. The summed E-state index contributed by atoms with van der Waals surface area (Å²) in [5.74, 6) is -1.21. The summed E-state index contributed by atoms with van der Waals surface area (Å²) in [6.45, 7) is 2.00. The van der Waals surface area contributed by atoms with E-state index >= 15 is 0 Å².